The van der Waals surface area contributed by atoms with Crippen LogP contribution in [0.4, 0.5) is 0 Å². The number of para-hydroxylation sites is 3. The van der Waals surface area contributed by atoms with Crippen LogP contribution < -0.4 is 0 Å². The number of rotatable bonds is 5. The molecule has 0 aliphatic rings. The Morgan fingerprint density at radius 1 is 0.360 bits per heavy atom. The van der Waals surface area contributed by atoms with Gasteiger partial charge < -0.3 is 8.98 Å². The molecule has 3 aromatic heterocycles. The molecule has 0 unspecified atom stereocenters. The number of hydrogen-bond acceptors (Lipinski definition) is 4. The number of aromatic nitrogens is 4. The first-order valence-electron chi connectivity index (χ1n) is 16.7. The molecule has 10 aromatic rings. The van der Waals surface area contributed by atoms with Crippen molar-refractivity contribution < 1.29 is 4.42 Å². The largest absolute Gasteiger partial charge is 0.456 e. The number of fused-ring (bicyclic) bond motifs is 6. The maximum atomic E-state index is 6.28. The van der Waals surface area contributed by atoms with Crippen molar-refractivity contribution in [3.8, 4) is 51.0 Å². The molecule has 0 amide bonds. The molecule has 50 heavy (non-hydrogen) atoms. The Morgan fingerprint density at radius 2 is 0.900 bits per heavy atom. The van der Waals surface area contributed by atoms with Crippen LogP contribution in [0.3, 0.4) is 0 Å². The molecule has 0 fully saturated rings. The number of benzene rings is 7. The van der Waals surface area contributed by atoms with Gasteiger partial charge in [-0.3, -0.25) is 0 Å². The highest BCUT2D eigenvalue weighted by atomic mass is 16.3. The fourth-order valence-electron chi connectivity index (χ4n) is 7.21. The van der Waals surface area contributed by atoms with Crippen molar-refractivity contribution in [2.75, 3.05) is 0 Å². The average molecular weight is 641 g/mol. The average Bonchev–Trinajstić information content (AvgIpc) is 3.75. The Labute approximate surface area is 287 Å². The van der Waals surface area contributed by atoms with Gasteiger partial charge >= 0.3 is 0 Å². The lowest BCUT2D eigenvalue weighted by Gasteiger charge is -2.11. The van der Waals surface area contributed by atoms with E-state index in [2.05, 4.69) is 132 Å². The summed E-state index contributed by atoms with van der Waals surface area (Å²) < 4.78 is 8.59. The van der Waals surface area contributed by atoms with E-state index in [-0.39, 0.29) is 0 Å². The van der Waals surface area contributed by atoms with Crippen molar-refractivity contribution in [2.24, 2.45) is 0 Å². The van der Waals surface area contributed by atoms with Crippen LogP contribution in [0.5, 0.6) is 0 Å². The normalized spacial score (nSPS) is 11.6. The van der Waals surface area contributed by atoms with Gasteiger partial charge in [-0.05, 0) is 47.5 Å². The van der Waals surface area contributed by atoms with Crippen LogP contribution in [0, 0.1) is 0 Å². The fourth-order valence-corrected chi connectivity index (χ4v) is 7.21. The van der Waals surface area contributed by atoms with Gasteiger partial charge in [0.1, 0.15) is 11.2 Å². The zero-order valence-electron chi connectivity index (χ0n) is 26.9. The van der Waals surface area contributed by atoms with Crippen molar-refractivity contribution >= 4 is 43.7 Å². The minimum Gasteiger partial charge on any atom is -0.456 e. The molecule has 0 bridgehead atoms. The third kappa shape index (κ3) is 4.52. The number of hydrogen-bond donors (Lipinski definition) is 0. The monoisotopic (exact) mass is 640 g/mol. The first kappa shape index (κ1) is 28.2. The summed E-state index contributed by atoms with van der Waals surface area (Å²) in [6, 6.07) is 58.5. The summed E-state index contributed by atoms with van der Waals surface area (Å²) in [7, 11) is 0. The van der Waals surface area contributed by atoms with E-state index in [4.69, 9.17) is 19.4 Å². The standard InChI is InChI=1S/C45H28N4O/c1-3-13-29(14-4-1)30-25-27-31(28-26-30)43-46-44(48-45(47-43)36-20-12-24-40-42(36)34-18-8-10-23-39(34)50-40)35-19-11-22-38-41(35)33-17-7-9-21-37(33)49(38)32-15-5-2-6-16-32/h1-28H. The first-order chi connectivity index (χ1) is 24.8. The molecule has 0 spiro atoms. The molecule has 0 saturated heterocycles. The molecule has 3 heterocycles. The molecule has 0 aliphatic carbocycles. The minimum absolute atomic E-state index is 0.595. The maximum absolute atomic E-state index is 6.28. The summed E-state index contributed by atoms with van der Waals surface area (Å²) in [5.74, 6) is 1.82. The number of furan rings is 1. The lowest BCUT2D eigenvalue weighted by Crippen LogP contribution is -2.01. The predicted octanol–water partition coefficient (Wildman–Crippen LogP) is 11.5. The lowest BCUT2D eigenvalue weighted by atomic mass is 10.0. The van der Waals surface area contributed by atoms with Crippen LogP contribution in [0.25, 0.3) is 94.7 Å². The zero-order valence-corrected chi connectivity index (χ0v) is 26.9. The van der Waals surface area contributed by atoms with Crippen LogP contribution in [-0.4, -0.2) is 19.5 Å². The molecule has 0 radical (unpaired) electrons. The van der Waals surface area contributed by atoms with E-state index in [9.17, 15) is 0 Å². The third-order valence-corrected chi connectivity index (χ3v) is 9.48. The molecule has 7 aromatic carbocycles. The molecular formula is C45H28N4O. The summed E-state index contributed by atoms with van der Waals surface area (Å²) in [6.45, 7) is 0. The Bertz CT molecular complexity index is 2850. The highest BCUT2D eigenvalue weighted by Crippen LogP contribution is 2.40. The van der Waals surface area contributed by atoms with Gasteiger partial charge in [-0.15, -0.1) is 0 Å². The second-order valence-electron chi connectivity index (χ2n) is 12.4. The minimum atomic E-state index is 0.595. The highest BCUT2D eigenvalue weighted by Gasteiger charge is 2.21. The second kappa shape index (κ2) is 11.4. The van der Waals surface area contributed by atoms with Crippen molar-refractivity contribution in [3.63, 3.8) is 0 Å². The van der Waals surface area contributed by atoms with Crippen molar-refractivity contribution in [1.82, 2.24) is 19.5 Å². The molecule has 234 valence electrons. The van der Waals surface area contributed by atoms with Gasteiger partial charge in [-0.25, -0.2) is 15.0 Å². The van der Waals surface area contributed by atoms with Gasteiger partial charge in [0.25, 0.3) is 0 Å². The van der Waals surface area contributed by atoms with E-state index in [0.29, 0.717) is 17.5 Å². The fraction of sp³-hybridized carbons (Fsp3) is 0. The smallest absolute Gasteiger partial charge is 0.164 e. The molecule has 0 atom stereocenters. The van der Waals surface area contributed by atoms with Gasteiger partial charge in [0.15, 0.2) is 17.5 Å². The molecule has 5 nitrogen and oxygen atoms in total. The Hall–Kier alpha value is -6.85. The van der Waals surface area contributed by atoms with E-state index >= 15 is 0 Å². The topological polar surface area (TPSA) is 56.7 Å². The number of nitrogens with zero attached hydrogens (tertiary/aromatic N) is 4. The summed E-state index contributed by atoms with van der Waals surface area (Å²) in [6.07, 6.45) is 0. The molecule has 0 N–H and O–H groups in total. The van der Waals surface area contributed by atoms with Crippen LogP contribution >= 0.6 is 0 Å². The summed E-state index contributed by atoms with van der Waals surface area (Å²) >= 11 is 0. The third-order valence-electron chi connectivity index (χ3n) is 9.48. The van der Waals surface area contributed by atoms with E-state index in [1.165, 1.54) is 0 Å². The van der Waals surface area contributed by atoms with Crippen molar-refractivity contribution in [2.45, 2.75) is 0 Å². The molecule has 5 heteroatoms. The van der Waals surface area contributed by atoms with E-state index < -0.39 is 0 Å². The molecule has 0 saturated carbocycles. The van der Waals surface area contributed by atoms with Gasteiger partial charge in [0, 0.05) is 43.9 Å². The highest BCUT2D eigenvalue weighted by molar-refractivity contribution is 6.15. The molecule has 10 rings (SSSR count). The SMILES string of the molecule is c1ccc(-c2ccc(-c3nc(-c4cccc5oc6ccccc6c45)nc(-c4cccc5c4c4ccccc4n5-c4ccccc4)n3)cc2)cc1. The Balaban J connectivity index is 1.24. The zero-order chi connectivity index (χ0) is 33.0. The van der Waals surface area contributed by atoms with E-state index in [1.54, 1.807) is 0 Å². The van der Waals surface area contributed by atoms with Gasteiger partial charge in [-0.2, -0.15) is 0 Å². The molecule has 0 aliphatic heterocycles. The van der Waals surface area contributed by atoms with Crippen molar-refractivity contribution in [3.05, 3.63) is 170 Å². The Kier molecular flexibility index (Phi) is 6.42. The van der Waals surface area contributed by atoms with E-state index in [1.807, 2.05) is 42.5 Å². The predicted molar refractivity (Wildman–Crippen MR) is 203 cm³/mol. The van der Waals surface area contributed by atoms with Crippen LogP contribution in [0.2, 0.25) is 0 Å². The Morgan fingerprint density at radius 3 is 1.68 bits per heavy atom. The summed E-state index contributed by atoms with van der Waals surface area (Å²) in [4.78, 5) is 15.6. The quantitative estimate of drug-likeness (QED) is 0.188. The van der Waals surface area contributed by atoms with Crippen LogP contribution in [0.1, 0.15) is 0 Å². The van der Waals surface area contributed by atoms with Gasteiger partial charge in [-0.1, -0.05) is 133 Å². The molecular weight excluding hydrogens is 613 g/mol. The summed E-state index contributed by atoms with van der Waals surface area (Å²) in [5.41, 5.74) is 10.0. The maximum Gasteiger partial charge on any atom is 0.164 e. The lowest BCUT2D eigenvalue weighted by molar-refractivity contribution is 0.669. The summed E-state index contributed by atoms with van der Waals surface area (Å²) in [5, 5.41) is 4.26. The van der Waals surface area contributed by atoms with Gasteiger partial charge in [0.05, 0.1) is 11.0 Å². The van der Waals surface area contributed by atoms with E-state index in [0.717, 1.165) is 77.2 Å². The second-order valence-corrected chi connectivity index (χ2v) is 12.4. The van der Waals surface area contributed by atoms with Gasteiger partial charge in [0.2, 0.25) is 0 Å². The van der Waals surface area contributed by atoms with Crippen LogP contribution in [-0.2, 0) is 0 Å². The van der Waals surface area contributed by atoms with Crippen molar-refractivity contribution in [1.29, 1.82) is 0 Å². The first-order valence-corrected chi connectivity index (χ1v) is 16.7. The van der Waals surface area contributed by atoms with Crippen LogP contribution in [0.15, 0.2) is 174 Å².